The van der Waals surface area contributed by atoms with Gasteiger partial charge in [0.25, 0.3) is 5.91 Å². The fourth-order valence-electron chi connectivity index (χ4n) is 2.44. The lowest BCUT2D eigenvalue weighted by Crippen LogP contribution is -2.30. The zero-order chi connectivity index (χ0) is 16.3. The number of hydrogen-bond acceptors (Lipinski definition) is 4. The van der Waals surface area contributed by atoms with E-state index in [1.165, 1.54) is 29.2 Å². The zero-order valence-corrected chi connectivity index (χ0v) is 12.4. The molecule has 9 heteroatoms. The molecule has 22 heavy (non-hydrogen) atoms. The topological polar surface area (TPSA) is 89.7 Å². The van der Waals surface area contributed by atoms with Crippen LogP contribution in [0.3, 0.4) is 0 Å². The molecule has 1 heterocycles. The van der Waals surface area contributed by atoms with Crippen molar-refractivity contribution in [3.05, 3.63) is 29.8 Å². The summed E-state index contributed by atoms with van der Waals surface area (Å²) in [5.41, 5.74) is 0.331. The Kier molecular flexibility index (Phi) is 4.97. The van der Waals surface area contributed by atoms with Crippen LogP contribution in [0.1, 0.15) is 16.8 Å². The first-order valence-corrected chi connectivity index (χ1v) is 8.31. The largest absolute Gasteiger partial charge is 0.435 e. The number of likely N-dealkylation sites (tertiary alicyclic amines) is 1. The lowest BCUT2D eigenvalue weighted by molar-refractivity contribution is -0.0498. The minimum absolute atomic E-state index is 0.0277. The van der Waals surface area contributed by atoms with Crippen LogP contribution in [-0.2, 0) is 10.0 Å². The second-order valence-corrected chi connectivity index (χ2v) is 6.80. The fraction of sp³-hybridized carbons (Fsp3) is 0.462. The van der Waals surface area contributed by atoms with Gasteiger partial charge in [-0.15, -0.1) is 0 Å². The number of sulfonamides is 1. The molecule has 122 valence electrons. The highest BCUT2D eigenvalue weighted by Crippen LogP contribution is 2.21. The number of nitrogens with two attached hydrogens (primary N) is 1. The van der Waals surface area contributed by atoms with Crippen LogP contribution in [0.2, 0.25) is 0 Å². The lowest BCUT2D eigenvalue weighted by Gasteiger charge is -2.16. The molecule has 1 saturated heterocycles. The first-order chi connectivity index (χ1) is 10.2. The van der Waals surface area contributed by atoms with E-state index >= 15 is 0 Å². The van der Waals surface area contributed by atoms with E-state index in [1.807, 2.05) is 0 Å². The van der Waals surface area contributed by atoms with Crippen molar-refractivity contribution in [1.29, 1.82) is 0 Å². The van der Waals surface area contributed by atoms with Crippen molar-refractivity contribution in [3.63, 3.8) is 0 Å². The summed E-state index contributed by atoms with van der Waals surface area (Å²) in [5, 5.41) is 5.00. The quantitative estimate of drug-likeness (QED) is 0.871. The van der Waals surface area contributed by atoms with Crippen LogP contribution in [-0.4, -0.2) is 44.7 Å². The Bertz CT molecular complexity index is 634. The number of amides is 1. The number of rotatable bonds is 5. The van der Waals surface area contributed by atoms with Crippen molar-refractivity contribution >= 4 is 15.9 Å². The monoisotopic (exact) mass is 334 g/mol. The first-order valence-electron chi connectivity index (χ1n) is 6.59. The summed E-state index contributed by atoms with van der Waals surface area (Å²) in [4.78, 5) is 13.8. The van der Waals surface area contributed by atoms with Crippen LogP contribution in [0, 0.1) is 5.92 Å². The molecule has 1 aliphatic rings. The Hall–Kier alpha value is -1.74. The molecule has 0 aromatic heterocycles. The summed E-state index contributed by atoms with van der Waals surface area (Å²) < 4.78 is 50.4. The maximum absolute atomic E-state index is 12.2. The van der Waals surface area contributed by atoms with Crippen molar-refractivity contribution in [2.75, 3.05) is 18.8 Å². The highest BCUT2D eigenvalue weighted by atomic mass is 32.2. The van der Waals surface area contributed by atoms with Gasteiger partial charge in [-0.25, -0.2) is 13.6 Å². The second-order valence-electron chi connectivity index (χ2n) is 5.14. The van der Waals surface area contributed by atoms with Gasteiger partial charge in [0.05, 0.1) is 5.75 Å². The van der Waals surface area contributed by atoms with E-state index in [9.17, 15) is 22.0 Å². The Labute approximate surface area is 126 Å². The SMILES string of the molecule is NS(=O)(=O)C[C@H]1CCN(C(=O)c2ccc(OC(F)F)cc2)C1. The van der Waals surface area contributed by atoms with Crippen LogP contribution in [0.4, 0.5) is 8.78 Å². The Morgan fingerprint density at radius 1 is 1.36 bits per heavy atom. The smallest absolute Gasteiger partial charge is 0.387 e. The molecule has 0 aliphatic carbocycles. The molecule has 1 aliphatic heterocycles. The molecule has 0 saturated carbocycles. The summed E-state index contributed by atoms with van der Waals surface area (Å²) >= 11 is 0. The zero-order valence-electron chi connectivity index (χ0n) is 11.6. The third-order valence-corrected chi connectivity index (χ3v) is 4.30. The number of nitrogens with zero attached hydrogens (tertiary/aromatic N) is 1. The van der Waals surface area contributed by atoms with Gasteiger partial charge in [0.1, 0.15) is 5.75 Å². The van der Waals surface area contributed by atoms with E-state index in [2.05, 4.69) is 4.74 Å². The second kappa shape index (κ2) is 6.57. The lowest BCUT2D eigenvalue weighted by atomic mass is 10.1. The van der Waals surface area contributed by atoms with Gasteiger partial charge in [0.2, 0.25) is 10.0 Å². The maximum Gasteiger partial charge on any atom is 0.387 e. The van der Waals surface area contributed by atoms with Crippen molar-refractivity contribution < 1.29 is 26.7 Å². The van der Waals surface area contributed by atoms with E-state index < -0.39 is 16.6 Å². The summed E-state index contributed by atoms with van der Waals surface area (Å²) in [6, 6.07) is 5.37. The number of carbonyl (C=O) groups excluding carboxylic acids is 1. The van der Waals surface area contributed by atoms with Crippen LogP contribution in [0.15, 0.2) is 24.3 Å². The third-order valence-electron chi connectivity index (χ3n) is 3.37. The molecule has 0 radical (unpaired) electrons. The molecule has 2 N–H and O–H groups in total. The average molecular weight is 334 g/mol. The molecular formula is C13H16F2N2O4S. The first kappa shape index (κ1) is 16.6. The Morgan fingerprint density at radius 3 is 2.55 bits per heavy atom. The molecule has 0 bridgehead atoms. The van der Waals surface area contributed by atoms with Gasteiger partial charge < -0.3 is 9.64 Å². The number of primary sulfonamides is 1. The molecule has 0 unspecified atom stereocenters. The van der Waals surface area contributed by atoms with Gasteiger partial charge in [-0.1, -0.05) is 0 Å². The standard InChI is InChI=1S/C13H16F2N2O4S/c14-13(15)21-11-3-1-10(2-4-11)12(18)17-6-5-9(7-17)8-22(16,19)20/h1-4,9,13H,5-8H2,(H2,16,19,20)/t9-/m0/s1. The summed E-state index contributed by atoms with van der Waals surface area (Å²) in [6.45, 7) is -2.17. The number of hydrogen-bond donors (Lipinski definition) is 1. The van der Waals surface area contributed by atoms with E-state index in [0.29, 0.717) is 25.1 Å². The molecule has 0 spiro atoms. The van der Waals surface area contributed by atoms with Crippen molar-refractivity contribution in [1.82, 2.24) is 4.90 Å². The van der Waals surface area contributed by atoms with Gasteiger partial charge in [-0.05, 0) is 36.6 Å². The van der Waals surface area contributed by atoms with Crippen LogP contribution < -0.4 is 9.88 Å². The molecule has 1 aromatic rings. The third kappa shape index (κ3) is 4.63. The number of ether oxygens (including phenoxy) is 1. The van der Waals surface area contributed by atoms with E-state index in [0.717, 1.165) is 0 Å². The number of halogens is 2. The van der Waals surface area contributed by atoms with Crippen molar-refractivity contribution in [3.8, 4) is 5.75 Å². The summed E-state index contributed by atoms with van der Waals surface area (Å²) in [6.07, 6.45) is 0.564. The Morgan fingerprint density at radius 2 is 2.00 bits per heavy atom. The predicted octanol–water partition coefficient (Wildman–Crippen LogP) is 1.04. The molecule has 1 amide bonds. The highest BCUT2D eigenvalue weighted by Gasteiger charge is 2.29. The molecule has 1 atom stereocenters. The fourth-order valence-corrected chi connectivity index (χ4v) is 3.37. The van der Waals surface area contributed by atoms with E-state index in [4.69, 9.17) is 5.14 Å². The molecule has 2 rings (SSSR count). The number of carbonyl (C=O) groups is 1. The van der Waals surface area contributed by atoms with Crippen molar-refractivity contribution in [2.24, 2.45) is 11.1 Å². The molecule has 1 fully saturated rings. The Balaban J connectivity index is 1.97. The van der Waals surface area contributed by atoms with E-state index in [-0.39, 0.29) is 23.3 Å². The molecular weight excluding hydrogens is 318 g/mol. The van der Waals surface area contributed by atoms with Crippen LogP contribution >= 0.6 is 0 Å². The van der Waals surface area contributed by atoms with Crippen LogP contribution in [0.5, 0.6) is 5.75 Å². The molecule has 1 aromatic carbocycles. The number of benzene rings is 1. The van der Waals surface area contributed by atoms with Crippen molar-refractivity contribution in [2.45, 2.75) is 13.0 Å². The highest BCUT2D eigenvalue weighted by molar-refractivity contribution is 7.89. The van der Waals surface area contributed by atoms with Gasteiger partial charge in [0, 0.05) is 18.7 Å². The van der Waals surface area contributed by atoms with E-state index in [1.54, 1.807) is 0 Å². The number of alkyl halides is 2. The van der Waals surface area contributed by atoms with Gasteiger partial charge in [0.15, 0.2) is 0 Å². The van der Waals surface area contributed by atoms with Crippen LogP contribution in [0.25, 0.3) is 0 Å². The minimum atomic E-state index is -3.56. The van der Waals surface area contributed by atoms with Gasteiger partial charge >= 0.3 is 6.61 Å². The summed E-state index contributed by atoms with van der Waals surface area (Å²) in [5.74, 6) is -0.640. The minimum Gasteiger partial charge on any atom is -0.435 e. The maximum atomic E-state index is 12.2. The van der Waals surface area contributed by atoms with Gasteiger partial charge in [-0.2, -0.15) is 8.78 Å². The molecule has 6 nitrogen and oxygen atoms in total. The normalized spacial score (nSPS) is 18.7. The predicted molar refractivity (Wildman–Crippen MR) is 75.1 cm³/mol. The average Bonchev–Trinajstić information content (AvgIpc) is 2.84. The van der Waals surface area contributed by atoms with Gasteiger partial charge in [-0.3, -0.25) is 4.79 Å². The summed E-state index contributed by atoms with van der Waals surface area (Å²) in [7, 11) is -3.56.